The number of nitrogens with zero attached hydrogens (tertiary/aromatic N) is 1. The highest BCUT2D eigenvalue weighted by atomic mass is 32.2. The van der Waals surface area contributed by atoms with Crippen molar-refractivity contribution in [1.82, 2.24) is 5.32 Å². The summed E-state index contributed by atoms with van der Waals surface area (Å²) in [6.07, 6.45) is 0. The molecule has 0 saturated carbocycles. The first-order chi connectivity index (χ1) is 16.5. The summed E-state index contributed by atoms with van der Waals surface area (Å²) in [6, 6.07) is 19.6. The summed E-state index contributed by atoms with van der Waals surface area (Å²) in [5.41, 5.74) is 3.19. The molecule has 0 spiro atoms. The van der Waals surface area contributed by atoms with Gasteiger partial charge in [0.1, 0.15) is 17.5 Å². The Hall–Kier alpha value is -3.45. The topological polar surface area (TPSA) is 69.2 Å². The Labute approximate surface area is 204 Å². The molecule has 176 valence electrons. The highest BCUT2D eigenvalue weighted by molar-refractivity contribution is 8.13. The molecule has 1 atom stereocenters. The third-order valence-electron chi connectivity index (χ3n) is 5.69. The molecular formula is C27H28N2O4S. The van der Waals surface area contributed by atoms with E-state index < -0.39 is 12.0 Å². The molecule has 0 fully saturated rings. The molecule has 0 saturated heterocycles. The predicted octanol–water partition coefficient (Wildman–Crippen LogP) is 5.63. The highest BCUT2D eigenvalue weighted by Crippen LogP contribution is 2.39. The van der Waals surface area contributed by atoms with Gasteiger partial charge in [0, 0.05) is 23.1 Å². The quantitative estimate of drug-likeness (QED) is 0.446. The number of hydrogen-bond donors (Lipinski definition) is 1. The van der Waals surface area contributed by atoms with Gasteiger partial charge in [0.2, 0.25) is 0 Å². The Bertz CT molecular complexity index is 1260. The molecule has 1 N–H and O–H groups in total. The first-order valence-electron chi connectivity index (χ1n) is 11.1. The largest absolute Gasteiger partial charge is 0.497 e. The molecule has 3 aromatic carbocycles. The number of rotatable bonds is 7. The Morgan fingerprint density at radius 3 is 2.62 bits per heavy atom. The van der Waals surface area contributed by atoms with Crippen LogP contribution in [0.5, 0.6) is 11.5 Å². The first kappa shape index (κ1) is 23.7. The Kier molecular flexibility index (Phi) is 7.43. The maximum absolute atomic E-state index is 12.9. The van der Waals surface area contributed by atoms with Crippen molar-refractivity contribution >= 4 is 33.7 Å². The molecule has 0 aliphatic carbocycles. The van der Waals surface area contributed by atoms with Crippen LogP contribution in [0.4, 0.5) is 0 Å². The van der Waals surface area contributed by atoms with Crippen LogP contribution in [0.25, 0.3) is 10.8 Å². The molecule has 0 radical (unpaired) electrons. The van der Waals surface area contributed by atoms with Crippen molar-refractivity contribution in [2.24, 2.45) is 4.99 Å². The van der Waals surface area contributed by atoms with E-state index in [0.29, 0.717) is 17.1 Å². The second-order valence-corrected chi connectivity index (χ2v) is 8.72. The number of benzene rings is 3. The van der Waals surface area contributed by atoms with Gasteiger partial charge in [-0.25, -0.2) is 9.79 Å². The SMILES string of the molecule is CCOC(=O)C1=C(C)NC(SCc2cccc3ccccc23)=N[C@H]1c1ccc(OC)cc1OC. The fourth-order valence-electron chi connectivity index (χ4n) is 4.03. The zero-order chi connectivity index (χ0) is 24.1. The van der Waals surface area contributed by atoms with Gasteiger partial charge in [0.05, 0.1) is 26.4 Å². The minimum absolute atomic E-state index is 0.286. The predicted molar refractivity (Wildman–Crippen MR) is 137 cm³/mol. The molecule has 0 aromatic heterocycles. The van der Waals surface area contributed by atoms with Gasteiger partial charge in [-0.3, -0.25) is 0 Å². The van der Waals surface area contributed by atoms with E-state index in [1.54, 1.807) is 39.0 Å². The lowest BCUT2D eigenvalue weighted by molar-refractivity contribution is -0.138. The van der Waals surface area contributed by atoms with E-state index in [4.69, 9.17) is 19.2 Å². The number of fused-ring (bicyclic) bond motifs is 1. The van der Waals surface area contributed by atoms with Gasteiger partial charge in [-0.15, -0.1) is 0 Å². The number of carbonyl (C=O) groups excluding carboxylic acids is 1. The second-order valence-electron chi connectivity index (χ2n) is 7.76. The van der Waals surface area contributed by atoms with Crippen LogP contribution in [0.2, 0.25) is 0 Å². The van der Waals surface area contributed by atoms with E-state index in [2.05, 4.69) is 41.7 Å². The molecule has 0 amide bonds. The molecule has 7 heteroatoms. The van der Waals surface area contributed by atoms with Crippen molar-refractivity contribution in [1.29, 1.82) is 0 Å². The van der Waals surface area contributed by atoms with Crippen LogP contribution in [0, 0.1) is 0 Å². The summed E-state index contributed by atoms with van der Waals surface area (Å²) in [6.45, 7) is 3.96. The molecule has 34 heavy (non-hydrogen) atoms. The number of carbonyl (C=O) groups is 1. The van der Waals surface area contributed by atoms with Crippen LogP contribution in [-0.4, -0.2) is 32.0 Å². The minimum Gasteiger partial charge on any atom is -0.497 e. The van der Waals surface area contributed by atoms with Crippen LogP contribution in [0.3, 0.4) is 0 Å². The number of thioether (sulfide) groups is 1. The van der Waals surface area contributed by atoms with Gasteiger partial charge in [0.15, 0.2) is 5.17 Å². The lowest BCUT2D eigenvalue weighted by atomic mass is 9.95. The smallest absolute Gasteiger partial charge is 0.338 e. The number of aliphatic imine (C=N–C) groups is 1. The monoisotopic (exact) mass is 476 g/mol. The van der Waals surface area contributed by atoms with Gasteiger partial charge < -0.3 is 19.5 Å². The molecule has 6 nitrogen and oxygen atoms in total. The molecular weight excluding hydrogens is 448 g/mol. The Morgan fingerprint density at radius 2 is 1.85 bits per heavy atom. The number of allylic oxidation sites excluding steroid dienone is 1. The van der Waals surface area contributed by atoms with E-state index in [-0.39, 0.29) is 6.61 Å². The van der Waals surface area contributed by atoms with Crippen molar-refractivity contribution in [2.45, 2.75) is 25.6 Å². The van der Waals surface area contributed by atoms with Crippen molar-refractivity contribution in [3.63, 3.8) is 0 Å². The van der Waals surface area contributed by atoms with E-state index in [9.17, 15) is 4.79 Å². The molecule has 4 rings (SSSR count). The lowest BCUT2D eigenvalue weighted by Gasteiger charge is -2.27. The maximum atomic E-state index is 12.9. The zero-order valence-electron chi connectivity index (χ0n) is 19.8. The number of hydrogen-bond acceptors (Lipinski definition) is 7. The molecule has 1 aliphatic heterocycles. The van der Waals surface area contributed by atoms with Crippen LogP contribution >= 0.6 is 11.8 Å². The van der Waals surface area contributed by atoms with E-state index in [0.717, 1.165) is 22.2 Å². The van der Waals surface area contributed by atoms with Gasteiger partial charge in [-0.2, -0.15) is 0 Å². The van der Waals surface area contributed by atoms with Gasteiger partial charge in [-0.05, 0) is 42.3 Å². The van der Waals surface area contributed by atoms with E-state index in [1.165, 1.54) is 16.3 Å². The van der Waals surface area contributed by atoms with Gasteiger partial charge in [-0.1, -0.05) is 54.2 Å². The Balaban J connectivity index is 1.69. The zero-order valence-corrected chi connectivity index (χ0v) is 20.6. The summed E-state index contributed by atoms with van der Waals surface area (Å²) in [5, 5.41) is 6.48. The third kappa shape index (κ3) is 4.89. The standard InChI is InChI=1S/C27H28N2O4S/c1-5-33-26(30)24-17(2)28-27(29-25(24)22-14-13-20(31-3)15-23(22)32-4)34-16-19-11-8-10-18-9-6-7-12-21(18)19/h6-15,25H,5,16H2,1-4H3,(H,28,29)/t25-/m0/s1. The number of nitrogens with one attached hydrogen (secondary N) is 1. The molecule has 0 unspecified atom stereocenters. The summed E-state index contributed by atoms with van der Waals surface area (Å²) in [7, 11) is 3.20. The van der Waals surface area contributed by atoms with Crippen molar-refractivity contribution in [3.05, 3.63) is 83.1 Å². The van der Waals surface area contributed by atoms with E-state index >= 15 is 0 Å². The normalized spacial score (nSPS) is 15.5. The summed E-state index contributed by atoms with van der Waals surface area (Å²) in [4.78, 5) is 17.8. The summed E-state index contributed by atoms with van der Waals surface area (Å²) >= 11 is 1.60. The first-order valence-corrected chi connectivity index (χ1v) is 12.1. The summed E-state index contributed by atoms with van der Waals surface area (Å²) in [5.74, 6) is 1.62. The summed E-state index contributed by atoms with van der Waals surface area (Å²) < 4.78 is 16.3. The maximum Gasteiger partial charge on any atom is 0.338 e. The van der Waals surface area contributed by atoms with Crippen molar-refractivity contribution < 1.29 is 19.0 Å². The minimum atomic E-state index is -0.559. The second kappa shape index (κ2) is 10.7. The molecule has 3 aromatic rings. The van der Waals surface area contributed by atoms with Gasteiger partial charge in [0.25, 0.3) is 0 Å². The van der Waals surface area contributed by atoms with Crippen LogP contribution in [0.15, 0.2) is 76.9 Å². The van der Waals surface area contributed by atoms with Crippen LogP contribution in [-0.2, 0) is 15.3 Å². The third-order valence-corrected chi connectivity index (χ3v) is 6.63. The molecule has 1 heterocycles. The highest BCUT2D eigenvalue weighted by Gasteiger charge is 2.32. The molecule has 1 aliphatic rings. The van der Waals surface area contributed by atoms with Crippen LogP contribution in [0.1, 0.15) is 31.0 Å². The van der Waals surface area contributed by atoms with Crippen LogP contribution < -0.4 is 14.8 Å². The van der Waals surface area contributed by atoms with E-state index in [1.807, 2.05) is 25.1 Å². The average Bonchev–Trinajstić information content (AvgIpc) is 2.86. The van der Waals surface area contributed by atoms with Crippen molar-refractivity contribution in [3.8, 4) is 11.5 Å². The fourth-order valence-corrected chi connectivity index (χ4v) is 4.98. The average molecular weight is 477 g/mol. The number of ether oxygens (including phenoxy) is 3. The fraction of sp³-hybridized carbons (Fsp3) is 0.259. The van der Waals surface area contributed by atoms with Crippen molar-refractivity contribution in [2.75, 3.05) is 20.8 Å². The van der Waals surface area contributed by atoms with Gasteiger partial charge >= 0.3 is 5.97 Å². The molecule has 0 bridgehead atoms. The lowest BCUT2D eigenvalue weighted by Crippen LogP contribution is -2.30. The Morgan fingerprint density at radius 1 is 1.06 bits per heavy atom. The number of methoxy groups -OCH3 is 2. The number of esters is 1. The number of amidine groups is 1.